The molecule has 0 unspecified atom stereocenters. The summed E-state index contributed by atoms with van der Waals surface area (Å²) in [5.41, 5.74) is 1.78. The SMILES string of the molecule is CCOC(=O)CC1=C(C)CCCN1O. The molecule has 80 valence electrons. The maximum Gasteiger partial charge on any atom is 0.311 e. The Kier molecular flexibility index (Phi) is 3.95. The van der Waals surface area contributed by atoms with Gasteiger partial charge in [-0.2, -0.15) is 0 Å². The quantitative estimate of drug-likeness (QED) is 0.703. The fraction of sp³-hybridized carbons (Fsp3) is 0.700. The molecule has 0 bridgehead atoms. The zero-order valence-electron chi connectivity index (χ0n) is 8.75. The fourth-order valence-electron chi connectivity index (χ4n) is 1.58. The number of allylic oxidation sites excluding steroid dienone is 1. The molecule has 0 radical (unpaired) electrons. The summed E-state index contributed by atoms with van der Waals surface area (Å²) in [4.78, 5) is 11.2. The first-order valence-corrected chi connectivity index (χ1v) is 4.95. The molecule has 0 aromatic heterocycles. The Morgan fingerprint density at radius 1 is 1.64 bits per heavy atom. The van der Waals surface area contributed by atoms with Gasteiger partial charge in [0.15, 0.2) is 0 Å². The first-order chi connectivity index (χ1) is 6.65. The summed E-state index contributed by atoms with van der Waals surface area (Å²) < 4.78 is 4.83. The van der Waals surface area contributed by atoms with Gasteiger partial charge in [0.1, 0.15) is 0 Å². The lowest BCUT2D eigenvalue weighted by Crippen LogP contribution is -2.27. The van der Waals surface area contributed by atoms with Crippen molar-refractivity contribution in [1.82, 2.24) is 5.06 Å². The number of nitrogens with zero attached hydrogens (tertiary/aromatic N) is 1. The highest BCUT2D eigenvalue weighted by Crippen LogP contribution is 2.22. The topological polar surface area (TPSA) is 49.8 Å². The lowest BCUT2D eigenvalue weighted by atomic mass is 10.0. The Morgan fingerprint density at radius 3 is 2.93 bits per heavy atom. The van der Waals surface area contributed by atoms with Crippen molar-refractivity contribution in [3.05, 3.63) is 11.3 Å². The van der Waals surface area contributed by atoms with E-state index >= 15 is 0 Å². The number of ether oxygens (including phenoxy) is 1. The predicted molar refractivity (Wildman–Crippen MR) is 51.7 cm³/mol. The van der Waals surface area contributed by atoms with Gasteiger partial charge in [-0.05, 0) is 26.7 Å². The second kappa shape index (κ2) is 5.00. The molecule has 1 rings (SSSR count). The van der Waals surface area contributed by atoms with E-state index in [9.17, 15) is 10.0 Å². The summed E-state index contributed by atoms with van der Waals surface area (Å²) in [5.74, 6) is -0.275. The van der Waals surface area contributed by atoms with Gasteiger partial charge < -0.3 is 4.74 Å². The van der Waals surface area contributed by atoms with Gasteiger partial charge in [-0.15, -0.1) is 0 Å². The lowest BCUT2D eigenvalue weighted by molar-refractivity contribution is -0.144. The minimum absolute atomic E-state index is 0.177. The van der Waals surface area contributed by atoms with Crippen molar-refractivity contribution in [3.8, 4) is 0 Å². The molecule has 14 heavy (non-hydrogen) atoms. The third-order valence-corrected chi connectivity index (χ3v) is 2.34. The number of hydroxylamine groups is 2. The average molecular weight is 199 g/mol. The van der Waals surface area contributed by atoms with Crippen LogP contribution in [0.5, 0.6) is 0 Å². The van der Waals surface area contributed by atoms with Crippen LogP contribution in [0.4, 0.5) is 0 Å². The van der Waals surface area contributed by atoms with E-state index in [2.05, 4.69) is 0 Å². The second-order valence-electron chi connectivity index (χ2n) is 3.44. The fourth-order valence-corrected chi connectivity index (χ4v) is 1.58. The number of carbonyl (C=O) groups is 1. The molecule has 0 aliphatic carbocycles. The second-order valence-corrected chi connectivity index (χ2v) is 3.44. The van der Waals surface area contributed by atoms with Crippen LogP contribution in [-0.2, 0) is 9.53 Å². The van der Waals surface area contributed by atoms with Gasteiger partial charge in [0.25, 0.3) is 0 Å². The van der Waals surface area contributed by atoms with Crippen molar-refractivity contribution in [2.24, 2.45) is 0 Å². The van der Waals surface area contributed by atoms with Crippen molar-refractivity contribution < 1.29 is 14.7 Å². The molecule has 4 heteroatoms. The van der Waals surface area contributed by atoms with E-state index in [0.717, 1.165) is 23.5 Å². The number of hydrogen-bond acceptors (Lipinski definition) is 4. The average Bonchev–Trinajstić information content (AvgIpc) is 2.12. The lowest BCUT2D eigenvalue weighted by Gasteiger charge is -2.26. The first kappa shape index (κ1) is 11.0. The molecule has 0 fully saturated rings. The summed E-state index contributed by atoms with van der Waals surface area (Å²) >= 11 is 0. The van der Waals surface area contributed by atoms with Gasteiger partial charge in [0, 0.05) is 6.54 Å². The maximum absolute atomic E-state index is 11.2. The highest BCUT2D eigenvalue weighted by molar-refractivity contribution is 5.72. The van der Waals surface area contributed by atoms with E-state index in [4.69, 9.17) is 4.74 Å². The molecule has 0 amide bonds. The van der Waals surface area contributed by atoms with Crippen LogP contribution in [0.25, 0.3) is 0 Å². The van der Waals surface area contributed by atoms with Crippen LogP contribution < -0.4 is 0 Å². The van der Waals surface area contributed by atoms with Crippen LogP contribution in [0.2, 0.25) is 0 Å². The molecular formula is C10H17NO3. The third-order valence-electron chi connectivity index (χ3n) is 2.34. The third kappa shape index (κ3) is 2.73. The summed E-state index contributed by atoms with van der Waals surface area (Å²) in [6, 6.07) is 0. The van der Waals surface area contributed by atoms with Crippen LogP contribution in [0.1, 0.15) is 33.1 Å². The normalized spacial score (nSPS) is 17.2. The summed E-state index contributed by atoms with van der Waals surface area (Å²) in [7, 11) is 0. The van der Waals surface area contributed by atoms with Crippen LogP contribution in [0.15, 0.2) is 11.3 Å². The Morgan fingerprint density at radius 2 is 2.36 bits per heavy atom. The minimum atomic E-state index is -0.275. The molecule has 4 nitrogen and oxygen atoms in total. The summed E-state index contributed by atoms with van der Waals surface area (Å²) in [6.07, 6.45) is 2.07. The van der Waals surface area contributed by atoms with Gasteiger partial charge in [-0.3, -0.25) is 15.1 Å². The van der Waals surface area contributed by atoms with Gasteiger partial charge in [0.05, 0.1) is 18.7 Å². The van der Waals surface area contributed by atoms with Gasteiger partial charge in [-0.25, -0.2) is 0 Å². The number of hydrogen-bond donors (Lipinski definition) is 1. The largest absolute Gasteiger partial charge is 0.466 e. The van der Waals surface area contributed by atoms with E-state index in [1.54, 1.807) is 6.92 Å². The molecule has 0 saturated carbocycles. The van der Waals surface area contributed by atoms with Crippen molar-refractivity contribution in [2.45, 2.75) is 33.1 Å². The maximum atomic E-state index is 11.2. The molecule has 1 N–H and O–H groups in total. The van der Waals surface area contributed by atoms with Gasteiger partial charge in [-0.1, -0.05) is 5.57 Å². The van der Waals surface area contributed by atoms with Crippen molar-refractivity contribution in [2.75, 3.05) is 13.2 Å². The zero-order valence-corrected chi connectivity index (χ0v) is 8.75. The smallest absolute Gasteiger partial charge is 0.311 e. The van der Waals surface area contributed by atoms with Crippen molar-refractivity contribution >= 4 is 5.97 Å². The summed E-state index contributed by atoms with van der Waals surface area (Å²) in [6.45, 7) is 4.70. The molecule has 1 aliphatic rings. The first-order valence-electron chi connectivity index (χ1n) is 4.95. The Labute approximate surface area is 84.1 Å². The number of carbonyl (C=O) groups excluding carboxylic acids is 1. The van der Waals surface area contributed by atoms with E-state index in [1.165, 1.54) is 0 Å². The Hall–Kier alpha value is -1.03. The molecule has 0 atom stereocenters. The van der Waals surface area contributed by atoms with Crippen LogP contribution in [0.3, 0.4) is 0 Å². The van der Waals surface area contributed by atoms with Crippen molar-refractivity contribution in [1.29, 1.82) is 0 Å². The zero-order chi connectivity index (χ0) is 10.6. The van der Waals surface area contributed by atoms with Gasteiger partial charge in [0.2, 0.25) is 0 Å². The molecule has 0 spiro atoms. The number of rotatable bonds is 3. The highest BCUT2D eigenvalue weighted by atomic mass is 16.5. The Bertz CT molecular complexity index is 248. The monoisotopic (exact) mass is 199 g/mol. The molecule has 1 heterocycles. The van der Waals surface area contributed by atoms with Crippen LogP contribution in [0, 0.1) is 0 Å². The van der Waals surface area contributed by atoms with Crippen LogP contribution >= 0.6 is 0 Å². The summed E-state index contributed by atoms with van der Waals surface area (Å²) in [5, 5.41) is 10.7. The van der Waals surface area contributed by atoms with Crippen molar-refractivity contribution in [3.63, 3.8) is 0 Å². The van der Waals surface area contributed by atoms with E-state index < -0.39 is 0 Å². The number of esters is 1. The molecule has 0 aromatic rings. The van der Waals surface area contributed by atoms with E-state index in [-0.39, 0.29) is 12.4 Å². The van der Waals surface area contributed by atoms with Crippen LogP contribution in [-0.4, -0.2) is 29.4 Å². The molecule has 0 aromatic carbocycles. The van der Waals surface area contributed by atoms with E-state index in [1.807, 2.05) is 6.92 Å². The predicted octanol–water partition coefficient (Wildman–Crippen LogP) is 1.70. The van der Waals surface area contributed by atoms with E-state index in [0.29, 0.717) is 18.8 Å². The molecular weight excluding hydrogens is 182 g/mol. The molecule has 1 aliphatic heterocycles. The molecule has 0 saturated heterocycles. The Balaban J connectivity index is 2.60. The minimum Gasteiger partial charge on any atom is -0.466 e. The van der Waals surface area contributed by atoms with Gasteiger partial charge >= 0.3 is 5.97 Å². The standard InChI is InChI=1S/C10H17NO3/c1-3-14-10(12)7-9-8(2)5-4-6-11(9)13/h13H,3-7H2,1-2H3. The highest BCUT2D eigenvalue weighted by Gasteiger charge is 2.18.